The zero-order valence-corrected chi connectivity index (χ0v) is 9.73. The smallest absolute Gasteiger partial charge is 0.173 e. The van der Waals surface area contributed by atoms with E-state index in [1.165, 1.54) is 18.0 Å². The van der Waals surface area contributed by atoms with Gasteiger partial charge in [-0.3, -0.25) is 9.73 Å². The lowest BCUT2D eigenvalue weighted by Gasteiger charge is -2.10. The largest absolute Gasteiger partial charge is 0.285 e. The second-order valence-corrected chi connectivity index (χ2v) is 4.75. The van der Waals surface area contributed by atoms with E-state index < -0.39 is 0 Å². The van der Waals surface area contributed by atoms with E-state index >= 15 is 0 Å². The van der Waals surface area contributed by atoms with Crippen LogP contribution in [0.4, 0.5) is 4.39 Å². The quantitative estimate of drug-likeness (QED) is 0.679. The van der Waals surface area contributed by atoms with Gasteiger partial charge in [0.1, 0.15) is 5.82 Å². The van der Waals surface area contributed by atoms with Crippen molar-refractivity contribution < 1.29 is 4.39 Å². The molecule has 0 unspecified atom stereocenters. The highest BCUT2D eigenvalue weighted by molar-refractivity contribution is 7.97. The highest BCUT2D eigenvalue weighted by atomic mass is 32.2. The van der Waals surface area contributed by atoms with Gasteiger partial charge in [0.25, 0.3) is 0 Å². The summed E-state index contributed by atoms with van der Waals surface area (Å²) in [6.07, 6.45) is 0. The van der Waals surface area contributed by atoms with Gasteiger partial charge in [-0.15, -0.1) is 10.6 Å². The van der Waals surface area contributed by atoms with Gasteiger partial charge in [-0.1, -0.05) is 0 Å². The Labute approximate surface area is 97.2 Å². The van der Waals surface area contributed by atoms with Gasteiger partial charge in [0.2, 0.25) is 0 Å². The van der Waals surface area contributed by atoms with Crippen LogP contribution in [0.25, 0.3) is 0 Å². The monoisotopic (exact) mass is 241 g/mol. The highest BCUT2D eigenvalue weighted by Crippen LogP contribution is 2.22. The third-order valence-electron chi connectivity index (χ3n) is 1.89. The van der Waals surface area contributed by atoms with E-state index in [4.69, 9.17) is 0 Å². The molecule has 1 aliphatic rings. The van der Waals surface area contributed by atoms with E-state index in [9.17, 15) is 4.39 Å². The number of halogens is 1. The number of hydrogen-bond donors (Lipinski definition) is 3. The zero-order valence-electron chi connectivity index (χ0n) is 8.91. The molecule has 3 N–H and O–H groups in total. The van der Waals surface area contributed by atoms with Gasteiger partial charge in [0, 0.05) is 4.90 Å². The number of hydrazone groups is 1. The summed E-state index contributed by atoms with van der Waals surface area (Å²) in [7, 11) is 3.87. The van der Waals surface area contributed by atoms with Gasteiger partial charge in [-0.2, -0.15) is 0 Å². The van der Waals surface area contributed by atoms with E-state index in [2.05, 4.69) is 21.6 Å². The molecule has 0 saturated carbocycles. The first kappa shape index (κ1) is 11.2. The second-order valence-electron chi connectivity index (χ2n) is 3.37. The van der Waals surface area contributed by atoms with Crippen molar-refractivity contribution in [1.82, 2.24) is 20.8 Å². The zero-order chi connectivity index (χ0) is 11.5. The molecule has 0 atom stereocenters. The number of nitrogens with one attached hydrogen (secondary N) is 3. The van der Waals surface area contributed by atoms with Gasteiger partial charge in [-0.05, 0) is 44.2 Å². The Morgan fingerprint density at radius 1 is 1.38 bits per heavy atom. The number of benzene rings is 1. The van der Waals surface area contributed by atoms with Crippen molar-refractivity contribution in [2.45, 2.75) is 4.90 Å². The van der Waals surface area contributed by atoms with Crippen LogP contribution < -0.4 is 16.5 Å². The van der Waals surface area contributed by atoms with Crippen LogP contribution in [-0.2, 0) is 0 Å². The molecule has 5 nitrogen and oxygen atoms in total. The fourth-order valence-corrected chi connectivity index (χ4v) is 2.00. The molecule has 1 aromatic rings. The molecule has 0 aliphatic carbocycles. The van der Waals surface area contributed by atoms with E-state index in [-0.39, 0.29) is 5.82 Å². The molecule has 1 aromatic carbocycles. The minimum absolute atomic E-state index is 0.306. The SMILES string of the molecule is CN(C)Sc1ccc(F)c(C2=NNNN2)c1. The third kappa shape index (κ3) is 2.43. The van der Waals surface area contributed by atoms with Crippen molar-refractivity contribution in [2.75, 3.05) is 14.1 Å². The minimum Gasteiger partial charge on any atom is -0.285 e. The molecular formula is C9H12FN5S. The second kappa shape index (κ2) is 4.69. The lowest BCUT2D eigenvalue weighted by molar-refractivity contribution is 0.576. The summed E-state index contributed by atoms with van der Waals surface area (Å²) in [5, 5.41) is 3.87. The van der Waals surface area contributed by atoms with E-state index in [1.807, 2.05) is 18.4 Å². The molecule has 7 heteroatoms. The molecule has 1 aliphatic heterocycles. The summed E-state index contributed by atoms with van der Waals surface area (Å²) in [4.78, 5) is 0.956. The number of hydrogen-bond acceptors (Lipinski definition) is 6. The van der Waals surface area contributed by atoms with Crippen LogP contribution in [0, 0.1) is 5.82 Å². The molecule has 0 bridgehead atoms. The minimum atomic E-state index is -0.306. The van der Waals surface area contributed by atoms with Crippen molar-refractivity contribution in [2.24, 2.45) is 5.10 Å². The van der Waals surface area contributed by atoms with Crippen LogP contribution in [0.15, 0.2) is 28.2 Å². The summed E-state index contributed by atoms with van der Waals surface area (Å²) in [6.45, 7) is 0. The lowest BCUT2D eigenvalue weighted by Crippen LogP contribution is -2.35. The van der Waals surface area contributed by atoms with Crippen LogP contribution in [0.1, 0.15) is 5.56 Å². The lowest BCUT2D eigenvalue weighted by atomic mass is 10.2. The van der Waals surface area contributed by atoms with Crippen LogP contribution in [0.3, 0.4) is 0 Å². The Hall–Kier alpha value is -1.31. The summed E-state index contributed by atoms with van der Waals surface area (Å²) < 4.78 is 15.5. The number of rotatable bonds is 3. The molecule has 2 rings (SSSR count). The first-order valence-electron chi connectivity index (χ1n) is 4.66. The summed E-state index contributed by atoms with van der Waals surface area (Å²) in [5.74, 6) is 0.138. The maximum absolute atomic E-state index is 13.6. The number of nitrogens with zero attached hydrogens (tertiary/aromatic N) is 2. The van der Waals surface area contributed by atoms with Gasteiger partial charge < -0.3 is 0 Å². The normalized spacial score (nSPS) is 14.6. The topological polar surface area (TPSA) is 51.7 Å². The van der Waals surface area contributed by atoms with Crippen LogP contribution >= 0.6 is 11.9 Å². The van der Waals surface area contributed by atoms with Gasteiger partial charge in [0.15, 0.2) is 5.84 Å². The molecule has 86 valence electrons. The molecule has 0 saturated heterocycles. The van der Waals surface area contributed by atoms with Crippen molar-refractivity contribution in [3.8, 4) is 0 Å². The van der Waals surface area contributed by atoms with Crippen LogP contribution in [0.5, 0.6) is 0 Å². The predicted octanol–water partition coefficient (Wildman–Crippen LogP) is 0.668. The Morgan fingerprint density at radius 3 is 2.81 bits per heavy atom. The van der Waals surface area contributed by atoms with Gasteiger partial charge in [0.05, 0.1) is 5.56 Å². The number of hydrazine groups is 2. The average Bonchev–Trinajstić information content (AvgIpc) is 2.73. The van der Waals surface area contributed by atoms with Gasteiger partial charge in [-0.25, -0.2) is 9.93 Å². The van der Waals surface area contributed by atoms with Crippen LogP contribution in [-0.4, -0.2) is 24.2 Å². The first-order valence-corrected chi connectivity index (χ1v) is 5.43. The number of amidine groups is 1. The molecule has 1 heterocycles. The molecule has 0 aromatic heterocycles. The maximum atomic E-state index is 13.6. The first-order chi connectivity index (χ1) is 7.66. The predicted molar refractivity (Wildman–Crippen MR) is 61.9 cm³/mol. The molecule has 0 radical (unpaired) electrons. The molecule has 0 amide bonds. The van der Waals surface area contributed by atoms with Gasteiger partial charge >= 0.3 is 0 Å². The van der Waals surface area contributed by atoms with Crippen molar-refractivity contribution in [3.05, 3.63) is 29.6 Å². The third-order valence-corrected chi connectivity index (χ3v) is 2.72. The molecular weight excluding hydrogens is 229 g/mol. The summed E-state index contributed by atoms with van der Waals surface area (Å²) >= 11 is 1.52. The van der Waals surface area contributed by atoms with E-state index in [0.29, 0.717) is 11.4 Å². The molecule has 16 heavy (non-hydrogen) atoms. The Kier molecular flexibility index (Phi) is 3.28. The average molecular weight is 241 g/mol. The molecule has 0 spiro atoms. The maximum Gasteiger partial charge on any atom is 0.173 e. The highest BCUT2D eigenvalue weighted by Gasteiger charge is 2.13. The van der Waals surface area contributed by atoms with Crippen molar-refractivity contribution in [1.29, 1.82) is 0 Å². The van der Waals surface area contributed by atoms with E-state index in [1.54, 1.807) is 12.1 Å². The Balaban J connectivity index is 2.29. The Morgan fingerprint density at radius 2 is 2.19 bits per heavy atom. The van der Waals surface area contributed by atoms with Crippen molar-refractivity contribution >= 4 is 17.8 Å². The Bertz CT molecular complexity index is 420. The standard InChI is InChI=1S/C9H12FN5S/c1-15(2)16-6-3-4-8(10)7(5-6)9-11-13-14-12-9/h3-5,13-14H,1-2H3,(H,11,12). The van der Waals surface area contributed by atoms with E-state index in [0.717, 1.165) is 4.90 Å². The fraction of sp³-hybridized carbons (Fsp3) is 0.222. The summed E-state index contributed by atoms with van der Waals surface area (Å²) in [6, 6.07) is 4.92. The van der Waals surface area contributed by atoms with Crippen LogP contribution in [0.2, 0.25) is 0 Å². The summed E-state index contributed by atoms with van der Waals surface area (Å²) in [5.41, 5.74) is 8.23. The van der Waals surface area contributed by atoms with Crippen molar-refractivity contribution in [3.63, 3.8) is 0 Å². The molecule has 0 fully saturated rings. The fourth-order valence-electron chi connectivity index (χ4n) is 1.28.